The summed E-state index contributed by atoms with van der Waals surface area (Å²) in [7, 11) is 0. The average Bonchev–Trinajstić information content (AvgIpc) is 3.67. The van der Waals surface area contributed by atoms with Crippen molar-refractivity contribution in [3.8, 4) is 22.8 Å². The van der Waals surface area contributed by atoms with Crippen molar-refractivity contribution in [2.45, 2.75) is 44.3 Å². The summed E-state index contributed by atoms with van der Waals surface area (Å²) in [4.78, 5) is 11.2. The summed E-state index contributed by atoms with van der Waals surface area (Å²) in [5.41, 5.74) is 4.38. The summed E-state index contributed by atoms with van der Waals surface area (Å²) in [5, 5.41) is 14.6. The van der Waals surface area contributed by atoms with Gasteiger partial charge < -0.3 is 19.1 Å². The van der Waals surface area contributed by atoms with E-state index in [0.717, 1.165) is 53.9 Å². The highest BCUT2D eigenvalue weighted by Gasteiger charge is 2.33. The monoisotopic (exact) mass is 535 g/mol. The number of hydrogen-bond acceptors (Lipinski definition) is 5. The van der Waals surface area contributed by atoms with E-state index in [1.807, 2.05) is 24.3 Å². The van der Waals surface area contributed by atoms with Crippen LogP contribution in [0.4, 0.5) is 0 Å². The molecule has 2 aliphatic rings. The number of carboxylic acids is 1. The maximum Gasteiger partial charge on any atom is 0.335 e. The molecule has 6 rings (SSSR count). The van der Waals surface area contributed by atoms with Crippen LogP contribution in [0, 0.1) is 0 Å². The predicted octanol–water partition coefficient (Wildman–Crippen LogP) is 7.87. The van der Waals surface area contributed by atoms with E-state index in [1.54, 1.807) is 36.4 Å². The van der Waals surface area contributed by atoms with E-state index in [2.05, 4.69) is 5.16 Å². The van der Waals surface area contributed by atoms with Gasteiger partial charge in [-0.05, 0) is 79.3 Å². The van der Waals surface area contributed by atoms with Crippen LogP contribution in [0.15, 0.2) is 65.2 Å². The fraction of sp³-hybridized carbons (Fsp3) is 0.241. The minimum absolute atomic E-state index is 0.106. The summed E-state index contributed by atoms with van der Waals surface area (Å²) in [6, 6.07) is 18.2. The highest BCUT2D eigenvalue weighted by molar-refractivity contribution is 6.39. The molecule has 3 aromatic carbocycles. The molecule has 0 saturated heterocycles. The van der Waals surface area contributed by atoms with Crippen LogP contribution in [0.5, 0.6) is 11.5 Å². The molecule has 1 aliphatic carbocycles. The number of aromatic carboxylic acids is 1. The Balaban J connectivity index is 1.18. The number of fused-ring (bicyclic) bond motifs is 1. The first-order chi connectivity index (χ1) is 18.0. The summed E-state index contributed by atoms with van der Waals surface area (Å²) < 4.78 is 18.1. The number of aromatic nitrogens is 1. The van der Waals surface area contributed by atoms with Crippen molar-refractivity contribution in [1.29, 1.82) is 0 Å². The van der Waals surface area contributed by atoms with Gasteiger partial charge in [-0.2, -0.15) is 0 Å². The molecule has 1 fully saturated rings. The zero-order valence-electron chi connectivity index (χ0n) is 19.7. The average molecular weight is 536 g/mol. The van der Waals surface area contributed by atoms with Crippen molar-refractivity contribution in [3.63, 3.8) is 0 Å². The fourth-order valence-electron chi connectivity index (χ4n) is 4.74. The van der Waals surface area contributed by atoms with Gasteiger partial charge in [-0.3, -0.25) is 0 Å². The Bertz CT molecular complexity index is 1460. The molecule has 1 N–H and O–H groups in total. The quantitative estimate of drug-likeness (QED) is 0.259. The lowest BCUT2D eigenvalue weighted by Crippen LogP contribution is -2.15. The number of hydrogen-bond donors (Lipinski definition) is 1. The number of rotatable bonds is 7. The van der Waals surface area contributed by atoms with Gasteiger partial charge in [0.2, 0.25) is 0 Å². The third-order valence-electron chi connectivity index (χ3n) is 6.85. The molecule has 37 heavy (non-hydrogen) atoms. The minimum Gasteiger partial charge on any atom is -0.489 e. The molecule has 1 aliphatic heterocycles. The van der Waals surface area contributed by atoms with Crippen LogP contribution in [-0.2, 0) is 13.0 Å². The topological polar surface area (TPSA) is 81.8 Å². The molecule has 1 saturated carbocycles. The lowest BCUT2D eigenvalue weighted by Gasteiger charge is -2.26. The van der Waals surface area contributed by atoms with Gasteiger partial charge in [0.15, 0.2) is 0 Å². The van der Waals surface area contributed by atoms with Gasteiger partial charge in [0.25, 0.3) is 0 Å². The predicted molar refractivity (Wildman–Crippen MR) is 140 cm³/mol. The van der Waals surface area contributed by atoms with Crippen LogP contribution in [-0.4, -0.2) is 16.2 Å². The second-order valence-electron chi connectivity index (χ2n) is 9.38. The van der Waals surface area contributed by atoms with Crippen molar-refractivity contribution < 1.29 is 23.9 Å². The van der Waals surface area contributed by atoms with Crippen LogP contribution in [0.2, 0.25) is 10.0 Å². The van der Waals surface area contributed by atoms with E-state index < -0.39 is 5.97 Å². The maximum absolute atomic E-state index is 11.2. The second kappa shape index (κ2) is 9.77. The molecule has 0 radical (unpaired) electrons. The Hall–Kier alpha value is -3.48. The molecule has 1 atom stereocenters. The van der Waals surface area contributed by atoms with Crippen molar-refractivity contribution >= 4 is 29.2 Å². The molecule has 188 valence electrons. The number of halogens is 2. The van der Waals surface area contributed by atoms with Crippen molar-refractivity contribution in [2.24, 2.45) is 0 Å². The van der Waals surface area contributed by atoms with Gasteiger partial charge in [0.1, 0.15) is 35.7 Å². The van der Waals surface area contributed by atoms with Crippen LogP contribution < -0.4 is 9.47 Å². The smallest absolute Gasteiger partial charge is 0.335 e. The van der Waals surface area contributed by atoms with E-state index in [1.165, 1.54) is 0 Å². The Morgan fingerprint density at radius 2 is 1.78 bits per heavy atom. The largest absolute Gasteiger partial charge is 0.489 e. The second-order valence-corrected chi connectivity index (χ2v) is 10.2. The number of carboxylic acid groups (broad SMARTS) is 1. The summed E-state index contributed by atoms with van der Waals surface area (Å²) in [5.74, 6) is 1.69. The third kappa shape index (κ3) is 4.79. The first-order valence-electron chi connectivity index (χ1n) is 12.2. The number of nitrogens with zero attached hydrogens (tertiary/aromatic N) is 1. The van der Waals surface area contributed by atoms with Gasteiger partial charge in [-0.15, -0.1) is 0 Å². The molecule has 1 unspecified atom stereocenters. The Labute approximate surface area is 223 Å². The fourth-order valence-corrected chi connectivity index (χ4v) is 5.32. The Kier molecular flexibility index (Phi) is 6.31. The van der Waals surface area contributed by atoms with Gasteiger partial charge >= 0.3 is 5.97 Å². The Morgan fingerprint density at radius 3 is 2.49 bits per heavy atom. The molecule has 6 nitrogen and oxygen atoms in total. The van der Waals surface area contributed by atoms with Crippen molar-refractivity contribution in [1.82, 2.24) is 5.16 Å². The van der Waals surface area contributed by atoms with Gasteiger partial charge in [0, 0.05) is 11.5 Å². The van der Waals surface area contributed by atoms with Gasteiger partial charge in [-0.1, -0.05) is 46.6 Å². The first-order valence-corrected chi connectivity index (χ1v) is 12.9. The highest BCUT2D eigenvalue weighted by Crippen LogP contribution is 2.46. The van der Waals surface area contributed by atoms with E-state index in [9.17, 15) is 9.90 Å². The van der Waals surface area contributed by atoms with Crippen molar-refractivity contribution in [2.75, 3.05) is 0 Å². The summed E-state index contributed by atoms with van der Waals surface area (Å²) in [6.45, 7) is 0.283. The molecular formula is C29H23Cl2NO5. The Morgan fingerprint density at radius 1 is 1.03 bits per heavy atom. The molecular weight excluding hydrogens is 513 g/mol. The van der Waals surface area contributed by atoms with E-state index in [4.69, 9.17) is 37.2 Å². The molecule has 8 heteroatoms. The van der Waals surface area contributed by atoms with E-state index in [0.29, 0.717) is 33.0 Å². The normalized spacial score (nSPS) is 16.6. The molecule has 0 amide bonds. The third-order valence-corrected chi connectivity index (χ3v) is 7.48. The van der Waals surface area contributed by atoms with Crippen LogP contribution >= 0.6 is 23.2 Å². The highest BCUT2D eigenvalue weighted by atomic mass is 35.5. The van der Waals surface area contributed by atoms with E-state index >= 15 is 0 Å². The zero-order chi connectivity index (χ0) is 25.5. The molecule has 0 spiro atoms. The van der Waals surface area contributed by atoms with Crippen molar-refractivity contribution in [3.05, 3.63) is 98.7 Å². The van der Waals surface area contributed by atoms with Crippen LogP contribution in [0.3, 0.4) is 0 Å². The van der Waals surface area contributed by atoms with Gasteiger partial charge in [0.05, 0.1) is 21.2 Å². The molecule has 1 aromatic heterocycles. The standard InChI is InChI=1S/C29H23Cl2NO5/c30-22-2-1-3-23(31)26(22)27-21(28(37-32-27)17-4-5-17)15-35-20-10-6-16(7-11-20)24-12-8-18-14-19(29(33)34)9-13-25(18)36-24/h1-3,6-7,9-11,13-14,17,24H,4-5,8,12,15H2,(H,33,34). The SMILES string of the molecule is O=C(O)c1ccc2c(c1)CCC(c1ccc(OCc3c(-c4c(Cl)cccc4Cl)noc3C3CC3)cc1)O2. The van der Waals surface area contributed by atoms with Crippen LogP contribution in [0.25, 0.3) is 11.3 Å². The maximum atomic E-state index is 11.2. The molecule has 0 bridgehead atoms. The zero-order valence-corrected chi connectivity index (χ0v) is 21.3. The van der Waals surface area contributed by atoms with Gasteiger partial charge in [-0.25, -0.2) is 4.79 Å². The first kappa shape index (κ1) is 23.9. The number of aryl methyl sites for hydroxylation is 1. The summed E-state index contributed by atoms with van der Waals surface area (Å²) >= 11 is 12.9. The number of ether oxygens (including phenoxy) is 2. The lowest BCUT2D eigenvalue weighted by atomic mass is 9.96. The molecule has 4 aromatic rings. The van der Waals surface area contributed by atoms with Crippen LogP contribution in [0.1, 0.15) is 64.1 Å². The van der Waals surface area contributed by atoms with E-state index in [-0.39, 0.29) is 18.3 Å². The molecule has 2 heterocycles. The number of carbonyl (C=O) groups is 1. The minimum atomic E-state index is -0.932. The lowest BCUT2D eigenvalue weighted by molar-refractivity contribution is 0.0696. The summed E-state index contributed by atoms with van der Waals surface area (Å²) in [6.07, 6.45) is 3.54. The number of benzene rings is 3.